The molecule has 0 amide bonds. The van der Waals surface area contributed by atoms with Crippen molar-refractivity contribution >= 4 is 23.4 Å². The van der Waals surface area contributed by atoms with Crippen molar-refractivity contribution in [2.24, 2.45) is 17.8 Å². The molecule has 0 spiro atoms. The van der Waals surface area contributed by atoms with E-state index in [9.17, 15) is 14.7 Å². The Morgan fingerprint density at radius 2 is 1.43 bits per heavy atom. The van der Waals surface area contributed by atoms with Gasteiger partial charge in [-0.3, -0.25) is 9.59 Å². The van der Waals surface area contributed by atoms with Gasteiger partial charge in [-0.25, -0.2) is 0 Å². The minimum Gasteiger partial charge on any atom is -0.481 e. The van der Waals surface area contributed by atoms with Crippen LogP contribution in [-0.2, 0) is 11.2 Å². The Bertz CT molecular complexity index is 1030. The summed E-state index contributed by atoms with van der Waals surface area (Å²) >= 11 is 5.95. The molecular weight excluding hydrogens is 396 g/mol. The number of carboxylic acids is 1. The lowest BCUT2D eigenvalue weighted by atomic mass is 9.82. The van der Waals surface area contributed by atoms with Crippen LogP contribution in [-0.4, -0.2) is 16.9 Å². The second-order valence-corrected chi connectivity index (χ2v) is 8.38. The summed E-state index contributed by atoms with van der Waals surface area (Å²) in [6.45, 7) is 0. The lowest BCUT2D eigenvalue weighted by molar-refractivity contribution is -0.144. The monoisotopic (exact) mass is 418 g/mol. The van der Waals surface area contributed by atoms with Crippen molar-refractivity contribution in [3.63, 3.8) is 0 Å². The fourth-order valence-corrected chi connectivity index (χ4v) is 4.70. The number of ketones is 1. The van der Waals surface area contributed by atoms with E-state index < -0.39 is 17.8 Å². The van der Waals surface area contributed by atoms with Gasteiger partial charge < -0.3 is 5.11 Å². The maximum absolute atomic E-state index is 13.2. The first-order valence-electron chi connectivity index (χ1n) is 10.2. The second kappa shape index (κ2) is 8.85. The SMILES string of the molecule is O=C(O)C1C(Cc2ccccc2)CC[C@H]1C(=O)c1ccc(-c2ccc(Cl)cc2)cc1. The molecule has 3 atom stereocenters. The van der Waals surface area contributed by atoms with Crippen LogP contribution >= 0.6 is 11.6 Å². The maximum atomic E-state index is 13.2. The molecule has 3 aromatic carbocycles. The lowest BCUT2D eigenvalue weighted by Gasteiger charge is -2.20. The number of carbonyl (C=O) groups is 2. The average Bonchev–Trinajstić information content (AvgIpc) is 3.18. The number of Topliss-reactive ketones (excluding diaryl/α,β-unsaturated/α-hetero) is 1. The van der Waals surface area contributed by atoms with Gasteiger partial charge in [0.2, 0.25) is 0 Å². The Labute approximate surface area is 181 Å². The molecule has 4 heteroatoms. The zero-order valence-corrected chi connectivity index (χ0v) is 17.3. The Morgan fingerprint density at radius 1 is 0.833 bits per heavy atom. The first-order valence-corrected chi connectivity index (χ1v) is 10.6. The molecule has 30 heavy (non-hydrogen) atoms. The molecule has 1 aliphatic carbocycles. The molecule has 3 aromatic rings. The number of carbonyl (C=O) groups excluding carboxylic acids is 1. The van der Waals surface area contributed by atoms with E-state index in [1.165, 1.54) is 0 Å². The molecule has 1 saturated carbocycles. The van der Waals surface area contributed by atoms with Crippen LogP contribution in [0.15, 0.2) is 78.9 Å². The van der Waals surface area contributed by atoms with Gasteiger partial charge >= 0.3 is 5.97 Å². The molecular formula is C26H23ClO3. The van der Waals surface area contributed by atoms with E-state index >= 15 is 0 Å². The summed E-state index contributed by atoms with van der Waals surface area (Å²) in [7, 11) is 0. The number of rotatable bonds is 6. The third-order valence-corrected chi connectivity index (χ3v) is 6.35. The summed E-state index contributed by atoms with van der Waals surface area (Å²) in [5.41, 5.74) is 3.70. The third kappa shape index (κ3) is 4.31. The molecule has 0 aromatic heterocycles. The van der Waals surface area contributed by atoms with E-state index in [1.807, 2.05) is 66.7 Å². The number of benzene rings is 3. The zero-order valence-electron chi connectivity index (χ0n) is 16.5. The van der Waals surface area contributed by atoms with Crippen LogP contribution < -0.4 is 0 Å². The van der Waals surface area contributed by atoms with E-state index in [1.54, 1.807) is 12.1 Å². The van der Waals surface area contributed by atoms with Gasteiger partial charge in [-0.05, 0) is 54.0 Å². The lowest BCUT2D eigenvalue weighted by Crippen LogP contribution is -2.30. The molecule has 0 heterocycles. The predicted molar refractivity (Wildman–Crippen MR) is 119 cm³/mol. The summed E-state index contributed by atoms with van der Waals surface area (Å²) in [4.78, 5) is 25.2. The van der Waals surface area contributed by atoms with Gasteiger partial charge in [-0.2, -0.15) is 0 Å². The highest BCUT2D eigenvalue weighted by atomic mass is 35.5. The highest BCUT2D eigenvalue weighted by molar-refractivity contribution is 6.30. The molecule has 0 aliphatic heterocycles. The molecule has 0 bridgehead atoms. The summed E-state index contributed by atoms with van der Waals surface area (Å²) in [5, 5.41) is 10.6. The van der Waals surface area contributed by atoms with E-state index in [4.69, 9.17) is 11.6 Å². The highest BCUT2D eigenvalue weighted by Gasteiger charge is 2.44. The molecule has 0 radical (unpaired) electrons. The third-order valence-electron chi connectivity index (χ3n) is 6.10. The Kier molecular flexibility index (Phi) is 6.01. The van der Waals surface area contributed by atoms with Crippen molar-refractivity contribution in [2.45, 2.75) is 19.3 Å². The number of carboxylic acid groups (broad SMARTS) is 1. The largest absolute Gasteiger partial charge is 0.481 e. The van der Waals surface area contributed by atoms with Gasteiger partial charge in [0.15, 0.2) is 5.78 Å². The topological polar surface area (TPSA) is 54.4 Å². The average molecular weight is 419 g/mol. The van der Waals surface area contributed by atoms with Crippen LogP contribution in [0.3, 0.4) is 0 Å². The standard InChI is InChI=1S/C26H23ClO3/c27-22-13-10-19(11-14-22)18-6-8-20(9-7-18)25(28)23-15-12-21(24(23)26(29)30)16-17-4-2-1-3-5-17/h1-11,13-14,21,23-24H,12,15-16H2,(H,29,30)/t21?,23-,24?/m1/s1. The fraction of sp³-hybridized carbons (Fsp3) is 0.231. The Morgan fingerprint density at radius 3 is 2.03 bits per heavy atom. The Balaban J connectivity index is 1.51. The summed E-state index contributed by atoms with van der Waals surface area (Å²) in [6.07, 6.45) is 2.06. The van der Waals surface area contributed by atoms with E-state index in [2.05, 4.69) is 0 Å². The number of hydrogen-bond acceptors (Lipinski definition) is 2. The normalized spacial score (nSPS) is 20.8. The maximum Gasteiger partial charge on any atom is 0.307 e. The molecule has 3 nitrogen and oxygen atoms in total. The van der Waals surface area contributed by atoms with Gasteiger partial charge in [0.05, 0.1) is 5.92 Å². The van der Waals surface area contributed by atoms with E-state index in [0.29, 0.717) is 23.4 Å². The van der Waals surface area contributed by atoms with Crippen molar-refractivity contribution in [2.75, 3.05) is 0 Å². The van der Waals surface area contributed by atoms with Crippen LogP contribution in [0.2, 0.25) is 5.02 Å². The molecule has 0 saturated heterocycles. The van der Waals surface area contributed by atoms with Crippen molar-refractivity contribution in [1.29, 1.82) is 0 Å². The van der Waals surface area contributed by atoms with E-state index in [-0.39, 0.29) is 11.7 Å². The minimum absolute atomic E-state index is 0.0211. The quantitative estimate of drug-likeness (QED) is 0.488. The van der Waals surface area contributed by atoms with Crippen LogP contribution in [0.25, 0.3) is 11.1 Å². The molecule has 4 rings (SSSR count). The van der Waals surface area contributed by atoms with Crippen LogP contribution in [0, 0.1) is 17.8 Å². The number of hydrogen-bond donors (Lipinski definition) is 1. The van der Waals surface area contributed by atoms with Gasteiger partial charge in [-0.1, -0.05) is 78.3 Å². The van der Waals surface area contributed by atoms with Crippen molar-refractivity contribution in [3.8, 4) is 11.1 Å². The number of halogens is 1. The Hall–Kier alpha value is -2.91. The molecule has 1 aliphatic rings. The second-order valence-electron chi connectivity index (χ2n) is 7.95. The highest BCUT2D eigenvalue weighted by Crippen LogP contribution is 2.41. The first-order chi connectivity index (χ1) is 14.5. The minimum atomic E-state index is -0.871. The van der Waals surface area contributed by atoms with E-state index in [0.717, 1.165) is 23.1 Å². The zero-order chi connectivity index (χ0) is 21.1. The van der Waals surface area contributed by atoms with Gasteiger partial charge in [0.25, 0.3) is 0 Å². The van der Waals surface area contributed by atoms with Crippen molar-refractivity contribution in [1.82, 2.24) is 0 Å². The number of aliphatic carboxylic acids is 1. The molecule has 152 valence electrons. The fourth-order valence-electron chi connectivity index (χ4n) is 4.58. The molecule has 1 N–H and O–H groups in total. The molecule has 2 unspecified atom stereocenters. The summed E-state index contributed by atoms with van der Waals surface area (Å²) in [5.74, 6) is -2.08. The van der Waals surface area contributed by atoms with Gasteiger partial charge in [0.1, 0.15) is 0 Å². The van der Waals surface area contributed by atoms with Crippen molar-refractivity contribution in [3.05, 3.63) is 95.0 Å². The summed E-state index contributed by atoms with van der Waals surface area (Å²) in [6, 6.07) is 24.9. The van der Waals surface area contributed by atoms with Crippen LogP contribution in [0.4, 0.5) is 0 Å². The molecule has 1 fully saturated rings. The van der Waals surface area contributed by atoms with Crippen molar-refractivity contribution < 1.29 is 14.7 Å². The van der Waals surface area contributed by atoms with Crippen LogP contribution in [0.1, 0.15) is 28.8 Å². The first kappa shape index (κ1) is 20.4. The smallest absolute Gasteiger partial charge is 0.307 e. The summed E-state index contributed by atoms with van der Waals surface area (Å²) < 4.78 is 0. The van der Waals surface area contributed by atoms with Crippen LogP contribution in [0.5, 0.6) is 0 Å². The van der Waals surface area contributed by atoms with Gasteiger partial charge in [-0.15, -0.1) is 0 Å². The predicted octanol–water partition coefficient (Wildman–Crippen LogP) is 6.16. The van der Waals surface area contributed by atoms with Gasteiger partial charge in [0, 0.05) is 16.5 Å².